The third-order valence-corrected chi connectivity index (χ3v) is 4.97. The van der Waals surface area contributed by atoms with E-state index in [1.54, 1.807) is 6.92 Å². The molecule has 2 aliphatic rings. The number of rotatable bonds is 1. The van der Waals surface area contributed by atoms with E-state index in [1.807, 2.05) is 0 Å². The molecule has 16 heavy (non-hydrogen) atoms. The van der Waals surface area contributed by atoms with Gasteiger partial charge in [0.2, 0.25) is 0 Å². The van der Waals surface area contributed by atoms with E-state index < -0.39 is 0 Å². The Labute approximate surface area is 99.3 Å². The van der Waals surface area contributed by atoms with Gasteiger partial charge < -0.3 is 0 Å². The Balaban J connectivity index is 2.07. The summed E-state index contributed by atoms with van der Waals surface area (Å²) in [5, 5.41) is 0. The molecule has 0 spiro atoms. The van der Waals surface area contributed by atoms with E-state index in [0.29, 0.717) is 17.1 Å². The Hall–Kier alpha value is -0.590. The molecule has 3 atom stereocenters. The van der Waals surface area contributed by atoms with E-state index in [0.717, 1.165) is 31.1 Å². The number of carbonyl (C=O) groups excluding carboxylic acids is 1. The molecule has 2 fully saturated rings. The molecule has 2 saturated carbocycles. The largest absolute Gasteiger partial charge is 0.300 e. The zero-order valence-electron chi connectivity index (χ0n) is 10.9. The molecular formula is C15H24O. The topological polar surface area (TPSA) is 17.1 Å². The molecule has 3 unspecified atom stereocenters. The quantitative estimate of drug-likeness (QED) is 0.611. The van der Waals surface area contributed by atoms with Crippen LogP contribution < -0.4 is 0 Å². The summed E-state index contributed by atoms with van der Waals surface area (Å²) >= 11 is 0. The van der Waals surface area contributed by atoms with Crippen molar-refractivity contribution in [3.05, 3.63) is 12.2 Å². The van der Waals surface area contributed by atoms with Gasteiger partial charge in [-0.05, 0) is 56.3 Å². The van der Waals surface area contributed by atoms with E-state index in [1.165, 1.54) is 18.4 Å². The van der Waals surface area contributed by atoms with E-state index in [2.05, 4.69) is 20.4 Å². The SMILES string of the molecule is C=C1CCC(C(C)=O)CCC2C1CC2(C)C. The molecule has 0 saturated heterocycles. The van der Waals surface area contributed by atoms with Gasteiger partial charge in [-0.3, -0.25) is 4.79 Å². The van der Waals surface area contributed by atoms with Crippen molar-refractivity contribution in [1.82, 2.24) is 0 Å². The lowest BCUT2D eigenvalue weighted by Crippen LogP contribution is -2.45. The van der Waals surface area contributed by atoms with Gasteiger partial charge in [0.15, 0.2) is 0 Å². The van der Waals surface area contributed by atoms with Crippen molar-refractivity contribution in [2.24, 2.45) is 23.2 Å². The Morgan fingerprint density at radius 2 is 2.00 bits per heavy atom. The zero-order valence-corrected chi connectivity index (χ0v) is 10.9. The fourth-order valence-corrected chi connectivity index (χ4v) is 3.74. The summed E-state index contributed by atoms with van der Waals surface area (Å²) < 4.78 is 0. The molecule has 0 aromatic carbocycles. The van der Waals surface area contributed by atoms with Gasteiger partial charge in [0, 0.05) is 5.92 Å². The van der Waals surface area contributed by atoms with Crippen molar-refractivity contribution >= 4 is 5.78 Å². The lowest BCUT2D eigenvalue weighted by atomic mass is 9.51. The number of fused-ring (bicyclic) bond motifs is 1. The van der Waals surface area contributed by atoms with Crippen LogP contribution >= 0.6 is 0 Å². The van der Waals surface area contributed by atoms with Crippen LogP contribution in [0.25, 0.3) is 0 Å². The first-order valence-electron chi connectivity index (χ1n) is 6.60. The molecule has 2 rings (SSSR count). The maximum atomic E-state index is 11.5. The van der Waals surface area contributed by atoms with E-state index >= 15 is 0 Å². The summed E-state index contributed by atoms with van der Waals surface area (Å²) in [4.78, 5) is 11.5. The monoisotopic (exact) mass is 220 g/mol. The standard InChI is InChI=1S/C15H24O/c1-10-5-6-12(11(2)16)7-8-14-13(10)9-15(14,3)4/h12-14H,1,5-9H2,2-4H3. The van der Waals surface area contributed by atoms with Crippen LogP contribution in [0.15, 0.2) is 12.2 Å². The normalized spacial score (nSPS) is 37.9. The molecule has 0 bridgehead atoms. The predicted octanol–water partition coefficient (Wildman–Crippen LogP) is 3.98. The van der Waals surface area contributed by atoms with Gasteiger partial charge in [0.25, 0.3) is 0 Å². The molecule has 90 valence electrons. The lowest BCUT2D eigenvalue weighted by molar-refractivity contribution is -0.122. The molecule has 2 aliphatic carbocycles. The van der Waals surface area contributed by atoms with Crippen molar-refractivity contribution in [3.8, 4) is 0 Å². The van der Waals surface area contributed by atoms with Gasteiger partial charge in [-0.25, -0.2) is 0 Å². The highest BCUT2D eigenvalue weighted by molar-refractivity contribution is 5.78. The third-order valence-electron chi connectivity index (χ3n) is 4.97. The first-order valence-corrected chi connectivity index (χ1v) is 6.60. The molecule has 0 N–H and O–H groups in total. The fourth-order valence-electron chi connectivity index (χ4n) is 3.74. The third kappa shape index (κ3) is 1.97. The van der Waals surface area contributed by atoms with Crippen LogP contribution in [0.3, 0.4) is 0 Å². The smallest absolute Gasteiger partial charge is 0.132 e. The molecule has 0 aromatic rings. The van der Waals surface area contributed by atoms with Gasteiger partial charge in [0.05, 0.1) is 0 Å². The average molecular weight is 220 g/mol. The maximum Gasteiger partial charge on any atom is 0.132 e. The molecule has 0 radical (unpaired) electrons. The van der Waals surface area contributed by atoms with E-state index in [9.17, 15) is 4.79 Å². The molecule has 0 heterocycles. The van der Waals surface area contributed by atoms with Gasteiger partial charge in [-0.15, -0.1) is 0 Å². The van der Waals surface area contributed by atoms with Crippen molar-refractivity contribution in [2.45, 2.75) is 52.9 Å². The van der Waals surface area contributed by atoms with Crippen molar-refractivity contribution in [2.75, 3.05) is 0 Å². The van der Waals surface area contributed by atoms with Crippen molar-refractivity contribution in [3.63, 3.8) is 0 Å². The number of ketones is 1. The maximum absolute atomic E-state index is 11.5. The van der Waals surface area contributed by atoms with Crippen LogP contribution in [0.4, 0.5) is 0 Å². The van der Waals surface area contributed by atoms with E-state index in [4.69, 9.17) is 0 Å². The highest BCUT2D eigenvalue weighted by Crippen LogP contribution is 2.57. The lowest BCUT2D eigenvalue weighted by Gasteiger charge is -2.54. The highest BCUT2D eigenvalue weighted by Gasteiger charge is 2.48. The minimum Gasteiger partial charge on any atom is -0.300 e. The summed E-state index contributed by atoms with van der Waals surface area (Å²) in [7, 11) is 0. The minimum atomic E-state index is 0.300. The van der Waals surface area contributed by atoms with Crippen LogP contribution in [-0.4, -0.2) is 5.78 Å². The summed E-state index contributed by atoms with van der Waals surface area (Å²) in [6.45, 7) is 10.7. The molecule has 0 aromatic heterocycles. The Morgan fingerprint density at radius 3 is 2.56 bits per heavy atom. The number of hydrogen-bond donors (Lipinski definition) is 0. The van der Waals surface area contributed by atoms with Crippen LogP contribution in [0.2, 0.25) is 0 Å². The van der Waals surface area contributed by atoms with Crippen molar-refractivity contribution in [1.29, 1.82) is 0 Å². The number of Topliss-reactive ketones (excluding diaryl/α,β-unsaturated/α-hetero) is 1. The second-order valence-electron chi connectivity index (χ2n) is 6.49. The van der Waals surface area contributed by atoms with Gasteiger partial charge in [-0.2, -0.15) is 0 Å². The number of carbonyl (C=O) groups is 1. The summed E-state index contributed by atoms with van der Waals surface area (Å²) in [6, 6.07) is 0. The highest BCUT2D eigenvalue weighted by atomic mass is 16.1. The molecular weight excluding hydrogens is 196 g/mol. The fraction of sp³-hybridized carbons (Fsp3) is 0.800. The van der Waals surface area contributed by atoms with Crippen LogP contribution in [0, 0.1) is 23.2 Å². The van der Waals surface area contributed by atoms with Gasteiger partial charge in [0.1, 0.15) is 5.78 Å². The summed E-state index contributed by atoms with van der Waals surface area (Å²) in [6.07, 6.45) is 5.74. The summed E-state index contributed by atoms with van der Waals surface area (Å²) in [5.74, 6) is 2.21. The first-order chi connectivity index (χ1) is 7.42. The second kappa shape index (κ2) is 4.01. The Morgan fingerprint density at radius 1 is 1.31 bits per heavy atom. The minimum absolute atomic E-state index is 0.300. The van der Waals surface area contributed by atoms with Crippen LogP contribution in [0.1, 0.15) is 52.9 Å². The van der Waals surface area contributed by atoms with Crippen LogP contribution in [0.5, 0.6) is 0 Å². The number of allylic oxidation sites excluding steroid dienone is 1. The average Bonchev–Trinajstić information content (AvgIpc) is 2.16. The molecule has 0 amide bonds. The van der Waals surface area contributed by atoms with Crippen LogP contribution in [-0.2, 0) is 4.79 Å². The molecule has 0 aliphatic heterocycles. The molecule has 1 nitrogen and oxygen atoms in total. The predicted molar refractivity (Wildman–Crippen MR) is 67.2 cm³/mol. The summed E-state index contributed by atoms with van der Waals surface area (Å²) in [5.41, 5.74) is 1.89. The molecule has 1 heteroatoms. The van der Waals surface area contributed by atoms with Gasteiger partial charge >= 0.3 is 0 Å². The second-order valence-corrected chi connectivity index (χ2v) is 6.49. The number of hydrogen-bond acceptors (Lipinski definition) is 1. The zero-order chi connectivity index (χ0) is 11.9. The van der Waals surface area contributed by atoms with Gasteiger partial charge in [-0.1, -0.05) is 26.0 Å². The first kappa shape index (κ1) is 11.9. The Kier molecular flexibility index (Phi) is 2.98. The Bertz CT molecular complexity index is 313. The van der Waals surface area contributed by atoms with E-state index in [-0.39, 0.29) is 0 Å². The van der Waals surface area contributed by atoms with Crippen molar-refractivity contribution < 1.29 is 4.79 Å².